The molecule has 1 amide bonds. The van der Waals surface area contributed by atoms with Crippen LogP contribution in [0, 0.1) is 57.9 Å². The van der Waals surface area contributed by atoms with Crippen LogP contribution in [0.1, 0.15) is 35.4 Å². The minimum atomic E-state index is -0.651. The average Bonchev–Trinajstić information content (AvgIpc) is 2.89. The summed E-state index contributed by atoms with van der Waals surface area (Å²) < 4.78 is 16.8. The SMILES string of the molecule is Cc1cc(N2C[C@H](C[NH-])OC2=O)cc(C)c1C1CCS(=O)CC1.[Ac]. The van der Waals surface area contributed by atoms with Crippen molar-refractivity contribution in [1.82, 2.24) is 0 Å². The van der Waals surface area contributed by atoms with Gasteiger partial charge in [0.05, 0.1) is 6.54 Å². The summed E-state index contributed by atoms with van der Waals surface area (Å²) in [6, 6.07) is 4.09. The Bertz CT molecular complexity index is 620. The van der Waals surface area contributed by atoms with Gasteiger partial charge in [0.1, 0.15) is 6.10 Å². The Morgan fingerprint density at radius 3 is 2.33 bits per heavy atom. The number of amides is 1. The fraction of sp³-hybridized carbons (Fsp3) is 0.588. The maximum atomic E-state index is 12.0. The van der Waals surface area contributed by atoms with Crippen molar-refractivity contribution in [3.63, 3.8) is 0 Å². The van der Waals surface area contributed by atoms with Crippen LogP contribution in [0.25, 0.3) is 5.73 Å². The Kier molecular flexibility index (Phi) is 7.31. The van der Waals surface area contributed by atoms with E-state index in [1.54, 1.807) is 4.90 Å². The summed E-state index contributed by atoms with van der Waals surface area (Å²) in [5.74, 6) is 2.04. The average molecular weight is 562 g/mol. The van der Waals surface area contributed by atoms with E-state index >= 15 is 0 Å². The minimum absolute atomic E-state index is 0. The van der Waals surface area contributed by atoms with Crippen molar-refractivity contribution in [2.75, 3.05) is 29.5 Å². The number of carbonyl (C=O) groups is 1. The van der Waals surface area contributed by atoms with E-state index in [9.17, 15) is 9.00 Å². The van der Waals surface area contributed by atoms with E-state index in [0.29, 0.717) is 12.5 Å². The van der Waals surface area contributed by atoms with E-state index in [0.717, 1.165) is 30.0 Å². The number of ether oxygens (including phenoxy) is 1. The van der Waals surface area contributed by atoms with Crippen molar-refractivity contribution < 1.29 is 57.8 Å². The van der Waals surface area contributed by atoms with Gasteiger partial charge in [-0.3, -0.25) is 9.11 Å². The molecule has 1 radical (unpaired) electrons. The normalized spacial score (nSPS) is 26.9. The molecule has 2 saturated heterocycles. The van der Waals surface area contributed by atoms with Gasteiger partial charge < -0.3 is 10.5 Å². The Balaban J connectivity index is 0.00000208. The van der Waals surface area contributed by atoms with Crippen LogP contribution < -0.4 is 4.90 Å². The first-order valence-corrected chi connectivity index (χ1v) is 9.57. The zero-order valence-corrected chi connectivity index (χ0v) is 19.8. The van der Waals surface area contributed by atoms with Gasteiger partial charge in [0.2, 0.25) is 0 Å². The van der Waals surface area contributed by atoms with Crippen molar-refractivity contribution in [3.8, 4) is 0 Å². The molecule has 1 aromatic carbocycles. The quantitative estimate of drug-likeness (QED) is 0.568. The van der Waals surface area contributed by atoms with Crippen LogP contribution in [0.3, 0.4) is 0 Å². The summed E-state index contributed by atoms with van der Waals surface area (Å²) in [4.78, 5) is 13.6. The Morgan fingerprint density at radius 2 is 1.83 bits per heavy atom. The molecular formula is C17H23AcN2O3S-. The number of nitrogens with one attached hydrogen (secondary N) is 1. The fourth-order valence-electron chi connectivity index (χ4n) is 3.67. The molecule has 2 fully saturated rings. The maximum Gasteiger partial charge on any atom is 0.414 e. The van der Waals surface area contributed by atoms with Crippen molar-refractivity contribution in [3.05, 3.63) is 34.6 Å². The van der Waals surface area contributed by atoms with Gasteiger partial charge >= 0.3 is 6.09 Å². The van der Waals surface area contributed by atoms with Crippen LogP contribution in [0.15, 0.2) is 12.1 Å². The van der Waals surface area contributed by atoms with Gasteiger partial charge in [-0.2, -0.15) is 0 Å². The number of rotatable bonds is 3. The molecule has 0 spiro atoms. The second kappa shape index (κ2) is 8.62. The van der Waals surface area contributed by atoms with E-state index < -0.39 is 10.8 Å². The number of hydrogen-bond acceptors (Lipinski definition) is 3. The molecule has 2 aliphatic rings. The molecule has 7 heteroatoms. The second-order valence-corrected chi connectivity index (χ2v) is 8.13. The van der Waals surface area contributed by atoms with Crippen molar-refractivity contribution in [2.24, 2.45) is 0 Å². The van der Waals surface area contributed by atoms with Crippen LogP contribution >= 0.6 is 0 Å². The molecule has 0 bridgehead atoms. The van der Waals surface area contributed by atoms with E-state index in [1.807, 2.05) is 12.1 Å². The summed E-state index contributed by atoms with van der Waals surface area (Å²) in [5.41, 5.74) is 11.9. The number of nitrogens with zero attached hydrogens (tertiary/aromatic N) is 1. The minimum Gasteiger partial charge on any atom is -0.674 e. The van der Waals surface area contributed by atoms with Crippen LogP contribution in [-0.4, -0.2) is 41.0 Å². The van der Waals surface area contributed by atoms with Crippen LogP contribution in [0.2, 0.25) is 0 Å². The number of anilines is 1. The van der Waals surface area contributed by atoms with Gasteiger partial charge in [0.15, 0.2) is 0 Å². The molecule has 1 atom stereocenters. The molecule has 0 unspecified atom stereocenters. The van der Waals surface area contributed by atoms with Crippen LogP contribution in [-0.2, 0) is 15.5 Å². The summed E-state index contributed by atoms with van der Waals surface area (Å²) in [5, 5.41) is 0. The van der Waals surface area contributed by atoms with Gasteiger partial charge in [0, 0.05) is 72.1 Å². The third-order valence-corrected chi connectivity index (χ3v) is 6.17. The molecule has 3 rings (SSSR count). The topological polar surface area (TPSA) is 70.4 Å². The maximum absolute atomic E-state index is 12.0. The van der Waals surface area contributed by atoms with Crippen molar-refractivity contribution in [1.29, 1.82) is 0 Å². The predicted molar refractivity (Wildman–Crippen MR) is 92.6 cm³/mol. The number of aryl methyl sites for hydroxylation is 2. The molecule has 1 aromatic rings. The molecular weight excluding hydrogens is 539 g/mol. The first-order valence-electron chi connectivity index (χ1n) is 8.08. The van der Waals surface area contributed by atoms with Crippen LogP contribution in [0.5, 0.6) is 0 Å². The molecule has 129 valence electrons. The summed E-state index contributed by atoms with van der Waals surface area (Å²) in [6.07, 6.45) is 1.25. The molecule has 2 heterocycles. The molecule has 0 saturated carbocycles. The first kappa shape index (κ1) is 20.4. The largest absolute Gasteiger partial charge is 0.674 e. The Hall–Kier alpha value is 0.0416. The molecule has 24 heavy (non-hydrogen) atoms. The summed E-state index contributed by atoms with van der Waals surface area (Å²) in [6.45, 7) is 4.71. The van der Waals surface area contributed by atoms with E-state index in [2.05, 4.69) is 13.8 Å². The number of hydrogen-bond donors (Lipinski definition) is 0. The monoisotopic (exact) mass is 562 g/mol. The van der Waals surface area contributed by atoms with E-state index in [1.165, 1.54) is 16.7 Å². The zero-order chi connectivity index (χ0) is 16.6. The van der Waals surface area contributed by atoms with Gasteiger partial charge in [-0.15, -0.1) is 6.54 Å². The van der Waals surface area contributed by atoms with Gasteiger partial charge in [-0.05, 0) is 61.4 Å². The molecule has 0 aliphatic carbocycles. The van der Waals surface area contributed by atoms with Gasteiger partial charge in [-0.1, -0.05) is 0 Å². The van der Waals surface area contributed by atoms with Gasteiger partial charge in [-0.25, -0.2) is 4.79 Å². The number of carbonyl (C=O) groups excluding carboxylic acids is 1. The zero-order valence-electron chi connectivity index (χ0n) is 14.2. The summed E-state index contributed by atoms with van der Waals surface area (Å²) >= 11 is 0. The fourth-order valence-corrected chi connectivity index (χ4v) is 4.97. The van der Waals surface area contributed by atoms with Crippen molar-refractivity contribution >= 4 is 22.6 Å². The van der Waals surface area contributed by atoms with Crippen molar-refractivity contribution in [2.45, 2.75) is 38.7 Å². The van der Waals surface area contributed by atoms with E-state index in [-0.39, 0.29) is 62.8 Å². The van der Waals surface area contributed by atoms with Crippen LogP contribution in [0.4, 0.5) is 10.5 Å². The first-order chi connectivity index (χ1) is 11.0. The smallest absolute Gasteiger partial charge is 0.414 e. The van der Waals surface area contributed by atoms with Gasteiger partial charge in [0.25, 0.3) is 0 Å². The third-order valence-electron chi connectivity index (χ3n) is 4.79. The molecule has 1 N–H and O–H groups in total. The second-order valence-electron chi connectivity index (χ2n) is 6.44. The Morgan fingerprint density at radius 1 is 1.25 bits per heavy atom. The molecule has 2 aliphatic heterocycles. The summed E-state index contributed by atoms with van der Waals surface area (Å²) in [7, 11) is -0.651. The Labute approximate surface area is 181 Å². The third kappa shape index (κ3) is 4.23. The number of cyclic esters (lactones) is 1. The number of benzene rings is 1. The standard InChI is InChI=1S/C17H23N2O3S.Ac/c1-11-7-14(19-10-15(9-18)22-17(19)20)8-12(2)16(11)13-3-5-23(21)6-4-13;/h7-8,13,15,18H,3-6,9-10H2,1-2H3;/q-1;/t13?,15-,23?;/m0./s1. The van der Waals surface area contributed by atoms with E-state index in [4.69, 9.17) is 10.5 Å². The molecule has 5 nitrogen and oxygen atoms in total. The predicted octanol–water partition coefficient (Wildman–Crippen LogP) is 3.31. The molecule has 0 aromatic heterocycles.